The molecule has 6 heteroatoms. The Kier molecular flexibility index (Phi) is 6.52. The van der Waals surface area contributed by atoms with E-state index in [0.717, 1.165) is 42.8 Å². The van der Waals surface area contributed by atoms with E-state index in [2.05, 4.69) is 16.4 Å². The van der Waals surface area contributed by atoms with Gasteiger partial charge in [-0.25, -0.2) is 0 Å². The summed E-state index contributed by atoms with van der Waals surface area (Å²) in [6.07, 6.45) is 9.58. The highest BCUT2D eigenvalue weighted by molar-refractivity contribution is 7.14. The Morgan fingerprint density at radius 1 is 1.20 bits per heavy atom. The summed E-state index contributed by atoms with van der Waals surface area (Å²) in [5.41, 5.74) is 2.83. The summed E-state index contributed by atoms with van der Waals surface area (Å²) >= 11 is 1.69. The van der Waals surface area contributed by atoms with Crippen LogP contribution in [-0.2, 0) is 12.8 Å². The van der Waals surface area contributed by atoms with Gasteiger partial charge in [0.25, 0.3) is 11.8 Å². The first-order chi connectivity index (χ1) is 14.5. The maximum absolute atomic E-state index is 13.3. The lowest BCUT2D eigenvalue weighted by Gasteiger charge is -2.33. The smallest absolute Gasteiger partial charge is 0.263 e. The van der Waals surface area contributed by atoms with Crippen LogP contribution in [0.25, 0.3) is 0 Å². The Labute approximate surface area is 182 Å². The van der Waals surface area contributed by atoms with Gasteiger partial charge in [0.2, 0.25) is 0 Å². The van der Waals surface area contributed by atoms with Crippen molar-refractivity contribution < 1.29 is 9.59 Å². The third kappa shape index (κ3) is 4.59. The highest BCUT2D eigenvalue weighted by Crippen LogP contribution is 2.32. The van der Waals surface area contributed by atoms with E-state index < -0.39 is 0 Å². The van der Waals surface area contributed by atoms with Gasteiger partial charge in [0.1, 0.15) is 0 Å². The average Bonchev–Trinajstić information content (AvgIpc) is 3.03. The Morgan fingerprint density at radius 3 is 2.87 bits per heavy atom. The minimum Gasteiger partial charge on any atom is -0.350 e. The molecule has 2 aromatic heterocycles. The fraction of sp³-hybridized carbons (Fsp3) is 0.542. The molecule has 1 aliphatic heterocycles. The Balaban J connectivity index is 1.52. The molecule has 1 atom stereocenters. The Morgan fingerprint density at radius 2 is 2.03 bits per heavy atom. The maximum atomic E-state index is 13.3. The van der Waals surface area contributed by atoms with E-state index in [1.54, 1.807) is 17.5 Å². The van der Waals surface area contributed by atoms with Crippen molar-refractivity contribution in [2.45, 2.75) is 70.8 Å². The zero-order valence-corrected chi connectivity index (χ0v) is 18.8. The van der Waals surface area contributed by atoms with Crippen LogP contribution >= 0.6 is 11.3 Å². The highest BCUT2D eigenvalue weighted by Gasteiger charge is 2.30. The fourth-order valence-corrected chi connectivity index (χ4v) is 5.81. The fourth-order valence-electron chi connectivity index (χ4n) is 4.59. The molecule has 1 fully saturated rings. The third-order valence-corrected chi connectivity index (χ3v) is 7.28. The van der Waals surface area contributed by atoms with Crippen LogP contribution in [0.1, 0.15) is 88.0 Å². The summed E-state index contributed by atoms with van der Waals surface area (Å²) in [5.74, 6) is 0.148. The Hall–Kier alpha value is -2.21. The second-order valence-electron chi connectivity index (χ2n) is 8.77. The van der Waals surface area contributed by atoms with Gasteiger partial charge in [-0.2, -0.15) is 0 Å². The molecule has 160 valence electrons. The third-order valence-electron chi connectivity index (χ3n) is 6.06. The molecule has 0 spiro atoms. The first kappa shape index (κ1) is 21.0. The molecule has 3 heterocycles. The Bertz CT molecular complexity index is 897. The molecule has 0 aromatic carbocycles. The number of likely N-dealkylation sites (tertiary alicyclic amines) is 1. The molecule has 2 amide bonds. The van der Waals surface area contributed by atoms with Crippen LogP contribution in [0.4, 0.5) is 0 Å². The number of aryl methyl sites for hydroxylation is 2. The van der Waals surface area contributed by atoms with Gasteiger partial charge in [-0.3, -0.25) is 14.6 Å². The van der Waals surface area contributed by atoms with Crippen molar-refractivity contribution in [3.8, 4) is 0 Å². The normalized spacial score (nSPS) is 19.3. The molecule has 5 nitrogen and oxygen atoms in total. The second-order valence-corrected chi connectivity index (χ2v) is 9.91. The zero-order chi connectivity index (χ0) is 21.1. The molecule has 0 saturated carbocycles. The predicted molar refractivity (Wildman–Crippen MR) is 120 cm³/mol. The number of fused-ring (bicyclic) bond motifs is 1. The first-order valence-electron chi connectivity index (χ1n) is 11.2. The summed E-state index contributed by atoms with van der Waals surface area (Å²) in [4.78, 5) is 34.8. The van der Waals surface area contributed by atoms with Crippen LogP contribution in [0.15, 0.2) is 24.4 Å². The molecular formula is C24H31N3O2S. The van der Waals surface area contributed by atoms with E-state index in [4.69, 9.17) is 0 Å². The lowest BCUT2D eigenvalue weighted by atomic mass is 9.91. The second kappa shape index (κ2) is 9.29. The molecule has 4 rings (SSSR count). The molecule has 0 unspecified atom stereocenters. The number of hydrogen-bond acceptors (Lipinski definition) is 4. The minimum absolute atomic E-state index is 0.0732. The molecule has 0 bridgehead atoms. The van der Waals surface area contributed by atoms with Crippen LogP contribution in [0, 0.1) is 0 Å². The van der Waals surface area contributed by atoms with E-state index in [1.165, 1.54) is 29.7 Å². The van der Waals surface area contributed by atoms with Gasteiger partial charge in [0.05, 0.1) is 16.1 Å². The lowest BCUT2D eigenvalue weighted by molar-refractivity contribution is 0.0710. The number of nitrogens with one attached hydrogen (secondary N) is 1. The summed E-state index contributed by atoms with van der Waals surface area (Å²) in [7, 11) is 0. The molecule has 1 aliphatic carbocycles. The summed E-state index contributed by atoms with van der Waals surface area (Å²) in [5, 5.41) is 2.97. The topological polar surface area (TPSA) is 62.3 Å². The van der Waals surface area contributed by atoms with E-state index >= 15 is 0 Å². The minimum atomic E-state index is -0.0847. The van der Waals surface area contributed by atoms with Gasteiger partial charge in [-0.1, -0.05) is 6.42 Å². The number of thiophene rings is 1. The summed E-state index contributed by atoms with van der Waals surface area (Å²) in [6, 6.07) is 5.86. The number of hydrogen-bond donors (Lipinski definition) is 1. The van der Waals surface area contributed by atoms with Crippen LogP contribution < -0.4 is 5.32 Å². The van der Waals surface area contributed by atoms with E-state index in [-0.39, 0.29) is 23.8 Å². The molecular weight excluding hydrogens is 394 g/mol. The van der Waals surface area contributed by atoms with Crippen LogP contribution in [-0.4, -0.2) is 40.8 Å². The summed E-state index contributed by atoms with van der Waals surface area (Å²) < 4.78 is 0. The summed E-state index contributed by atoms with van der Waals surface area (Å²) in [6.45, 7) is 5.31. The standard InChI is InChI=1S/C24H31N3O2S/c1-16(2)26-23(28)19-10-6-12-25-22(19)18-9-7-13-27(15-18)24(29)21-14-17-8-4-3-5-11-20(17)30-21/h6,10,12,14,16,18H,3-5,7-9,11,13,15H2,1-2H3,(H,26,28)/t18-/m0/s1. The molecule has 0 radical (unpaired) electrons. The van der Waals surface area contributed by atoms with Crippen molar-refractivity contribution in [2.75, 3.05) is 13.1 Å². The molecule has 2 aromatic rings. The SMILES string of the molecule is CC(C)NC(=O)c1cccnc1[C@H]1CCCN(C(=O)c2cc3c(s2)CCCCC3)C1. The first-order valence-corrected chi connectivity index (χ1v) is 12.0. The lowest BCUT2D eigenvalue weighted by Crippen LogP contribution is -2.40. The number of pyridine rings is 1. The van der Waals surface area contributed by atoms with E-state index in [9.17, 15) is 9.59 Å². The van der Waals surface area contributed by atoms with Gasteiger partial charge in [0, 0.05) is 36.1 Å². The van der Waals surface area contributed by atoms with Crippen molar-refractivity contribution in [3.05, 3.63) is 51.0 Å². The van der Waals surface area contributed by atoms with Gasteiger partial charge in [-0.05, 0) is 76.1 Å². The largest absolute Gasteiger partial charge is 0.350 e. The van der Waals surface area contributed by atoms with Gasteiger partial charge >= 0.3 is 0 Å². The van der Waals surface area contributed by atoms with E-state index in [0.29, 0.717) is 12.1 Å². The van der Waals surface area contributed by atoms with Gasteiger partial charge in [0.15, 0.2) is 0 Å². The van der Waals surface area contributed by atoms with Crippen molar-refractivity contribution in [3.63, 3.8) is 0 Å². The number of aromatic nitrogens is 1. The van der Waals surface area contributed by atoms with Crippen molar-refractivity contribution in [2.24, 2.45) is 0 Å². The van der Waals surface area contributed by atoms with Crippen molar-refractivity contribution >= 4 is 23.2 Å². The molecule has 2 aliphatic rings. The van der Waals surface area contributed by atoms with Gasteiger partial charge < -0.3 is 10.2 Å². The molecule has 1 N–H and O–H groups in total. The highest BCUT2D eigenvalue weighted by atomic mass is 32.1. The number of carbonyl (C=O) groups excluding carboxylic acids is 2. The monoisotopic (exact) mass is 425 g/mol. The predicted octanol–water partition coefficient (Wildman–Crippen LogP) is 4.57. The van der Waals surface area contributed by atoms with Gasteiger partial charge in [-0.15, -0.1) is 11.3 Å². The molecule has 30 heavy (non-hydrogen) atoms. The number of carbonyl (C=O) groups is 2. The molecule has 1 saturated heterocycles. The zero-order valence-electron chi connectivity index (χ0n) is 17.9. The number of nitrogens with zero attached hydrogens (tertiary/aromatic N) is 2. The van der Waals surface area contributed by atoms with Crippen LogP contribution in [0.5, 0.6) is 0 Å². The number of rotatable bonds is 4. The maximum Gasteiger partial charge on any atom is 0.263 e. The number of amides is 2. The van der Waals surface area contributed by atoms with Crippen LogP contribution in [0.3, 0.4) is 0 Å². The van der Waals surface area contributed by atoms with E-state index in [1.807, 2.05) is 30.9 Å². The van der Waals surface area contributed by atoms with Crippen molar-refractivity contribution in [1.82, 2.24) is 15.2 Å². The van der Waals surface area contributed by atoms with Crippen LogP contribution in [0.2, 0.25) is 0 Å². The average molecular weight is 426 g/mol. The quantitative estimate of drug-likeness (QED) is 0.730. The van der Waals surface area contributed by atoms with Crippen molar-refractivity contribution in [1.29, 1.82) is 0 Å². The number of piperidine rings is 1.